The zero-order valence-corrected chi connectivity index (χ0v) is 24.5. The zero-order valence-electron chi connectivity index (χ0n) is 23.7. The van der Waals surface area contributed by atoms with Gasteiger partial charge in [0, 0.05) is 29.3 Å². The van der Waals surface area contributed by atoms with Crippen molar-refractivity contribution in [2.45, 2.75) is 56.7 Å². The van der Waals surface area contributed by atoms with E-state index in [0.717, 1.165) is 16.7 Å². The zero-order chi connectivity index (χ0) is 30.1. The summed E-state index contributed by atoms with van der Waals surface area (Å²) in [5, 5.41) is 8.76. The van der Waals surface area contributed by atoms with Crippen LogP contribution in [0.25, 0.3) is 0 Å². The van der Waals surface area contributed by atoms with Crippen molar-refractivity contribution in [1.29, 1.82) is 0 Å². The summed E-state index contributed by atoms with van der Waals surface area (Å²) in [5.41, 5.74) is 1.78. The van der Waals surface area contributed by atoms with Crippen LogP contribution in [0.15, 0.2) is 84.9 Å². The molecule has 3 aromatic rings. The summed E-state index contributed by atoms with van der Waals surface area (Å²) in [4.78, 5) is 50.8. The van der Waals surface area contributed by atoms with E-state index in [-0.39, 0.29) is 24.7 Å². The highest BCUT2D eigenvalue weighted by Crippen LogP contribution is 2.40. The van der Waals surface area contributed by atoms with E-state index in [9.17, 15) is 19.2 Å². The summed E-state index contributed by atoms with van der Waals surface area (Å²) in [5.74, 6) is -1.03. The van der Waals surface area contributed by atoms with Crippen molar-refractivity contribution >= 4 is 35.8 Å². The fourth-order valence-electron chi connectivity index (χ4n) is 5.25. The van der Waals surface area contributed by atoms with Gasteiger partial charge in [-0.05, 0) is 41.7 Å². The Hall–Kier alpha value is -4.17. The van der Waals surface area contributed by atoms with Crippen LogP contribution in [-0.2, 0) is 31.0 Å². The van der Waals surface area contributed by atoms with Gasteiger partial charge in [-0.2, -0.15) is 0 Å². The van der Waals surface area contributed by atoms with E-state index in [1.807, 2.05) is 92.7 Å². The van der Waals surface area contributed by atoms with Gasteiger partial charge < -0.3 is 25.5 Å². The Morgan fingerprint density at radius 1 is 1.02 bits per heavy atom. The highest BCUT2D eigenvalue weighted by Gasteiger charge is 2.37. The predicted molar refractivity (Wildman–Crippen MR) is 161 cm³/mol. The Labute approximate surface area is 251 Å². The van der Waals surface area contributed by atoms with Gasteiger partial charge in [0.05, 0.1) is 6.04 Å². The molecule has 3 amide bonds. The van der Waals surface area contributed by atoms with Crippen molar-refractivity contribution < 1.29 is 23.9 Å². The van der Waals surface area contributed by atoms with Gasteiger partial charge in [-0.25, -0.2) is 4.79 Å². The number of hydrogen-bond acceptors (Lipinski definition) is 5. The first-order valence-corrected chi connectivity index (χ1v) is 14.4. The summed E-state index contributed by atoms with van der Waals surface area (Å²) in [7, 11) is 0. The number of hydrogen-bond donors (Lipinski definition) is 3. The molecule has 220 valence electrons. The van der Waals surface area contributed by atoms with Crippen LogP contribution in [0.2, 0.25) is 5.02 Å². The maximum absolute atomic E-state index is 13.5. The molecule has 0 radical (unpaired) electrons. The van der Waals surface area contributed by atoms with Crippen molar-refractivity contribution in [3.63, 3.8) is 0 Å². The van der Waals surface area contributed by atoms with Gasteiger partial charge in [-0.15, -0.1) is 0 Å². The predicted octanol–water partition coefficient (Wildman–Crippen LogP) is 4.91. The van der Waals surface area contributed by atoms with E-state index >= 15 is 0 Å². The first-order chi connectivity index (χ1) is 20.2. The Morgan fingerprint density at radius 3 is 2.33 bits per heavy atom. The monoisotopic (exact) mass is 589 g/mol. The first-order valence-electron chi connectivity index (χ1n) is 14.0. The molecule has 0 aliphatic carbocycles. The second kappa shape index (κ2) is 14.1. The van der Waals surface area contributed by atoms with Crippen LogP contribution in [0.3, 0.4) is 0 Å². The maximum atomic E-state index is 13.5. The number of carbonyl (C=O) groups excluding carboxylic acids is 4. The van der Waals surface area contributed by atoms with Crippen LogP contribution in [-0.4, -0.2) is 42.8 Å². The lowest BCUT2D eigenvalue weighted by Crippen LogP contribution is -2.52. The Kier molecular flexibility index (Phi) is 10.4. The van der Waals surface area contributed by atoms with Crippen LogP contribution in [0.1, 0.15) is 49.5 Å². The minimum Gasteiger partial charge on any atom is -0.440 e. The minimum absolute atomic E-state index is 0.132. The number of aldehydes is 1. The standard InChI is InChI=1S/C33H36ClN3O5/c1-33(2,25-14-9-15-26(34)20-25)29(23-12-7-4-8-13-23)42-32(41)37-28(18-22-10-5-3-6-11-22)31(40)36-27(21-38)19-24-16-17-35-30(24)39/h3-15,20-21,24,27-29H,16-19H2,1-2H3,(H,35,39)(H,36,40)(H,37,41)/t24-,27-,28-,29?/m0/s1. The smallest absolute Gasteiger partial charge is 0.408 e. The second-order valence-corrected chi connectivity index (χ2v) is 11.5. The molecule has 0 bridgehead atoms. The summed E-state index contributed by atoms with van der Waals surface area (Å²) in [6, 6.07) is 24.1. The molecule has 3 N–H and O–H groups in total. The van der Waals surface area contributed by atoms with E-state index in [4.69, 9.17) is 16.3 Å². The van der Waals surface area contributed by atoms with Gasteiger partial charge in [-0.1, -0.05) is 98.2 Å². The van der Waals surface area contributed by atoms with Crippen molar-refractivity contribution in [2.75, 3.05) is 6.54 Å². The van der Waals surface area contributed by atoms with Crippen LogP contribution >= 0.6 is 11.6 Å². The third-order valence-corrected chi connectivity index (χ3v) is 7.87. The Balaban J connectivity index is 1.55. The molecule has 1 unspecified atom stereocenters. The first kappa shape index (κ1) is 30.8. The largest absolute Gasteiger partial charge is 0.440 e. The van der Waals surface area contributed by atoms with Crippen LogP contribution in [0.4, 0.5) is 4.79 Å². The summed E-state index contributed by atoms with van der Waals surface area (Å²) < 4.78 is 6.07. The molecule has 0 saturated carbocycles. The molecule has 9 heteroatoms. The van der Waals surface area contributed by atoms with Crippen LogP contribution in [0, 0.1) is 5.92 Å². The van der Waals surface area contributed by atoms with E-state index in [0.29, 0.717) is 24.3 Å². The summed E-state index contributed by atoms with van der Waals surface area (Å²) in [6.07, 6.45) is 0.0770. The Morgan fingerprint density at radius 2 is 1.71 bits per heavy atom. The fraction of sp³-hybridized carbons (Fsp3) is 0.333. The van der Waals surface area contributed by atoms with E-state index in [2.05, 4.69) is 16.0 Å². The molecule has 42 heavy (non-hydrogen) atoms. The highest BCUT2D eigenvalue weighted by atomic mass is 35.5. The van der Waals surface area contributed by atoms with E-state index in [1.54, 1.807) is 6.07 Å². The number of rotatable bonds is 12. The number of ether oxygens (including phenoxy) is 1. The van der Waals surface area contributed by atoms with Gasteiger partial charge >= 0.3 is 6.09 Å². The van der Waals surface area contributed by atoms with Gasteiger partial charge in [0.1, 0.15) is 18.4 Å². The van der Waals surface area contributed by atoms with Crippen LogP contribution in [0.5, 0.6) is 0 Å². The van der Waals surface area contributed by atoms with Crippen molar-refractivity contribution in [1.82, 2.24) is 16.0 Å². The number of benzene rings is 3. The topological polar surface area (TPSA) is 114 Å². The highest BCUT2D eigenvalue weighted by molar-refractivity contribution is 6.30. The minimum atomic E-state index is -1.04. The third-order valence-electron chi connectivity index (χ3n) is 7.64. The molecular weight excluding hydrogens is 554 g/mol. The molecule has 1 heterocycles. The van der Waals surface area contributed by atoms with Crippen molar-refractivity contribution in [3.05, 3.63) is 107 Å². The number of nitrogens with one attached hydrogen (secondary N) is 3. The molecule has 1 fully saturated rings. The third kappa shape index (κ3) is 7.97. The molecule has 0 spiro atoms. The average Bonchev–Trinajstić information content (AvgIpc) is 3.39. The maximum Gasteiger partial charge on any atom is 0.408 e. The molecule has 4 rings (SSSR count). The SMILES string of the molecule is CC(C)(c1cccc(Cl)c1)C(OC(=O)N[C@@H](Cc1ccccc1)C(=O)N[C@H](C=O)C[C@@H]1CCNC1=O)c1ccccc1. The molecular formula is C33H36ClN3O5. The van der Waals surface area contributed by atoms with E-state index in [1.165, 1.54) is 0 Å². The molecule has 1 saturated heterocycles. The van der Waals surface area contributed by atoms with Gasteiger partial charge in [0.25, 0.3) is 0 Å². The Bertz CT molecular complexity index is 1380. The fourth-order valence-corrected chi connectivity index (χ4v) is 5.44. The molecule has 8 nitrogen and oxygen atoms in total. The average molecular weight is 590 g/mol. The number of alkyl carbamates (subject to hydrolysis) is 1. The lowest BCUT2D eigenvalue weighted by molar-refractivity contribution is -0.127. The number of amides is 3. The van der Waals surface area contributed by atoms with E-state index < -0.39 is 35.6 Å². The summed E-state index contributed by atoms with van der Waals surface area (Å²) >= 11 is 6.29. The van der Waals surface area contributed by atoms with Gasteiger partial charge in [-0.3, -0.25) is 9.59 Å². The molecule has 1 aliphatic heterocycles. The molecule has 3 aromatic carbocycles. The van der Waals surface area contributed by atoms with Crippen LogP contribution < -0.4 is 16.0 Å². The normalized spacial score (nSPS) is 16.9. The van der Waals surface area contributed by atoms with Crippen molar-refractivity contribution in [3.8, 4) is 0 Å². The quantitative estimate of drug-likeness (QED) is 0.260. The van der Waals surface area contributed by atoms with Gasteiger partial charge in [0.15, 0.2) is 0 Å². The lowest BCUT2D eigenvalue weighted by atomic mass is 9.76. The summed E-state index contributed by atoms with van der Waals surface area (Å²) in [6.45, 7) is 4.47. The molecule has 1 aliphatic rings. The molecule has 4 atom stereocenters. The van der Waals surface area contributed by atoms with Gasteiger partial charge in [0.2, 0.25) is 11.8 Å². The molecule has 0 aromatic heterocycles. The lowest BCUT2D eigenvalue weighted by Gasteiger charge is -2.35. The number of carbonyl (C=O) groups is 4. The van der Waals surface area contributed by atoms with Crippen molar-refractivity contribution in [2.24, 2.45) is 5.92 Å². The number of halogens is 1. The second-order valence-electron chi connectivity index (χ2n) is 11.1.